The van der Waals surface area contributed by atoms with Crippen molar-refractivity contribution in [2.45, 2.75) is 12.2 Å². The van der Waals surface area contributed by atoms with Crippen molar-refractivity contribution in [2.75, 3.05) is 21.3 Å². The van der Waals surface area contributed by atoms with Gasteiger partial charge >= 0.3 is 11.9 Å². The van der Waals surface area contributed by atoms with Gasteiger partial charge in [-0.05, 0) is 0 Å². The Kier molecular flexibility index (Phi) is 5.01. The largest absolute Gasteiger partial charge is 0.467 e. The average Bonchev–Trinajstić information content (AvgIpc) is 2.17. The van der Waals surface area contributed by atoms with Crippen molar-refractivity contribution in [2.24, 2.45) is 0 Å². The molecule has 0 amide bonds. The first-order chi connectivity index (χ1) is 6.08. The Morgan fingerprint density at radius 2 is 1.54 bits per heavy atom. The van der Waals surface area contributed by atoms with E-state index in [9.17, 15) is 14.7 Å². The van der Waals surface area contributed by atoms with Crippen LogP contribution < -0.4 is 0 Å². The number of ether oxygens (including phenoxy) is 3. The van der Waals surface area contributed by atoms with E-state index in [1.807, 2.05) is 0 Å². The summed E-state index contributed by atoms with van der Waals surface area (Å²) >= 11 is 0. The van der Waals surface area contributed by atoms with E-state index in [4.69, 9.17) is 0 Å². The van der Waals surface area contributed by atoms with Crippen LogP contribution in [0.4, 0.5) is 0 Å². The third kappa shape index (κ3) is 3.00. The van der Waals surface area contributed by atoms with Crippen LogP contribution in [0.15, 0.2) is 0 Å². The van der Waals surface area contributed by atoms with E-state index in [0.29, 0.717) is 0 Å². The van der Waals surface area contributed by atoms with Crippen LogP contribution in [0.1, 0.15) is 0 Å². The maximum atomic E-state index is 10.9. The van der Waals surface area contributed by atoms with E-state index in [-0.39, 0.29) is 0 Å². The van der Waals surface area contributed by atoms with Crippen molar-refractivity contribution in [3.05, 3.63) is 0 Å². The van der Waals surface area contributed by atoms with Gasteiger partial charge in [-0.2, -0.15) is 0 Å². The zero-order chi connectivity index (χ0) is 10.4. The maximum absolute atomic E-state index is 10.9. The summed E-state index contributed by atoms with van der Waals surface area (Å²) < 4.78 is 13.1. The summed E-state index contributed by atoms with van der Waals surface area (Å²) in [6.07, 6.45) is -3.01. The van der Waals surface area contributed by atoms with Crippen LogP contribution in [0.2, 0.25) is 0 Å². The summed E-state index contributed by atoms with van der Waals surface area (Å²) in [5.74, 6) is -1.78. The first kappa shape index (κ1) is 11.9. The fourth-order valence-corrected chi connectivity index (χ4v) is 0.715. The van der Waals surface area contributed by atoms with E-state index in [1.165, 1.54) is 7.11 Å². The van der Waals surface area contributed by atoms with Gasteiger partial charge in [-0.3, -0.25) is 0 Å². The van der Waals surface area contributed by atoms with Gasteiger partial charge in [0.15, 0.2) is 12.2 Å². The minimum absolute atomic E-state index is 0.833. The second-order valence-corrected chi connectivity index (χ2v) is 2.15. The predicted molar refractivity (Wildman–Crippen MR) is 40.8 cm³/mol. The van der Waals surface area contributed by atoms with E-state index in [2.05, 4.69) is 14.2 Å². The highest BCUT2D eigenvalue weighted by atomic mass is 16.6. The smallest absolute Gasteiger partial charge is 0.338 e. The van der Waals surface area contributed by atoms with Gasteiger partial charge in [0.1, 0.15) is 0 Å². The van der Waals surface area contributed by atoms with Crippen molar-refractivity contribution in [1.29, 1.82) is 0 Å². The lowest BCUT2D eigenvalue weighted by Gasteiger charge is -2.16. The Hall–Kier alpha value is -1.14. The van der Waals surface area contributed by atoms with Crippen LogP contribution in [0.3, 0.4) is 0 Å². The normalized spacial score (nSPS) is 14.5. The summed E-state index contributed by atoms with van der Waals surface area (Å²) in [6.45, 7) is 0. The Labute approximate surface area is 75.4 Å². The molecule has 13 heavy (non-hydrogen) atoms. The quantitative estimate of drug-likeness (QED) is 0.558. The van der Waals surface area contributed by atoms with Crippen molar-refractivity contribution in [3.63, 3.8) is 0 Å². The summed E-state index contributed by atoms with van der Waals surface area (Å²) in [6, 6.07) is 0. The topological polar surface area (TPSA) is 82.1 Å². The summed E-state index contributed by atoms with van der Waals surface area (Å²) in [7, 11) is 3.39. The molecule has 0 aromatic rings. The number of esters is 2. The molecule has 0 radical (unpaired) electrons. The van der Waals surface area contributed by atoms with E-state index in [0.717, 1.165) is 14.2 Å². The number of rotatable bonds is 4. The summed E-state index contributed by atoms with van der Waals surface area (Å²) in [4.78, 5) is 21.7. The number of aliphatic hydroxyl groups is 1. The molecule has 0 saturated heterocycles. The fourth-order valence-electron chi connectivity index (χ4n) is 0.715. The van der Waals surface area contributed by atoms with Gasteiger partial charge in [-0.1, -0.05) is 0 Å². The minimum Gasteiger partial charge on any atom is -0.467 e. The average molecular weight is 192 g/mol. The molecule has 0 rings (SSSR count). The van der Waals surface area contributed by atoms with Crippen LogP contribution in [-0.4, -0.2) is 50.6 Å². The van der Waals surface area contributed by atoms with Crippen molar-refractivity contribution in [3.8, 4) is 0 Å². The van der Waals surface area contributed by atoms with Crippen molar-refractivity contribution in [1.82, 2.24) is 0 Å². The van der Waals surface area contributed by atoms with Gasteiger partial charge in [0.25, 0.3) is 0 Å². The Morgan fingerprint density at radius 3 is 1.85 bits per heavy atom. The number of hydrogen-bond donors (Lipinski definition) is 1. The number of aliphatic hydroxyl groups excluding tert-OH is 1. The molecule has 0 aliphatic rings. The predicted octanol–water partition coefficient (Wildman–Crippen LogP) is -1.29. The van der Waals surface area contributed by atoms with Gasteiger partial charge in [-0.25, -0.2) is 9.59 Å². The minimum atomic E-state index is -1.66. The molecular weight excluding hydrogens is 180 g/mol. The molecule has 0 heterocycles. The Bertz CT molecular complexity index is 189. The molecule has 0 fully saturated rings. The highest BCUT2D eigenvalue weighted by molar-refractivity contribution is 5.85. The number of hydrogen-bond acceptors (Lipinski definition) is 6. The summed E-state index contributed by atoms with van der Waals surface area (Å²) in [5.41, 5.74) is 0. The number of carbonyl (C=O) groups is 2. The second kappa shape index (κ2) is 5.50. The molecule has 0 aliphatic carbocycles. The van der Waals surface area contributed by atoms with E-state index >= 15 is 0 Å². The van der Waals surface area contributed by atoms with Crippen LogP contribution in [0.5, 0.6) is 0 Å². The zero-order valence-electron chi connectivity index (χ0n) is 7.64. The fraction of sp³-hybridized carbons (Fsp3) is 0.714. The molecule has 0 saturated carbocycles. The van der Waals surface area contributed by atoms with Crippen LogP contribution >= 0.6 is 0 Å². The molecule has 0 bridgehead atoms. The van der Waals surface area contributed by atoms with E-state index in [1.54, 1.807) is 0 Å². The first-order valence-corrected chi connectivity index (χ1v) is 3.45. The standard InChI is InChI=1S/C7H12O6/c1-11-5(7(10)13-3)4(8)6(9)12-2/h4-5,8H,1-3H3. The molecule has 2 unspecified atom stereocenters. The molecule has 0 aromatic heterocycles. The molecule has 0 aromatic carbocycles. The Balaban J connectivity index is 4.39. The third-order valence-electron chi connectivity index (χ3n) is 1.42. The molecule has 6 heteroatoms. The molecule has 1 N–H and O–H groups in total. The van der Waals surface area contributed by atoms with Gasteiger partial charge in [0, 0.05) is 7.11 Å². The maximum Gasteiger partial charge on any atom is 0.338 e. The zero-order valence-corrected chi connectivity index (χ0v) is 7.64. The lowest BCUT2D eigenvalue weighted by atomic mass is 10.2. The second-order valence-electron chi connectivity index (χ2n) is 2.15. The van der Waals surface area contributed by atoms with Gasteiger partial charge in [0.2, 0.25) is 0 Å². The highest BCUT2D eigenvalue weighted by Crippen LogP contribution is 2.02. The SMILES string of the molecule is COC(=O)C(O)C(OC)C(=O)OC. The molecule has 2 atom stereocenters. The summed E-state index contributed by atoms with van der Waals surface area (Å²) in [5, 5.41) is 9.18. The van der Waals surface area contributed by atoms with Crippen molar-refractivity contribution < 1.29 is 28.9 Å². The Morgan fingerprint density at radius 1 is 1.08 bits per heavy atom. The number of carbonyl (C=O) groups excluding carboxylic acids is 2. The van der Waals surface area contributed by atoms with Crippen LogP contribution in [-0.2, 0) is 23.8 Å². The van der Waals surface area contributed by atoms with Gasteiger partial charge in [-0.15, -0.1) is 0 Å². The monoisotopic (exact) mass is 192 g/mol. The first-order valence-electron chi connectivity index (χ1n) is 3.45. The molecule has 6 nitrogen and oxygen atoms in total. The molecule has 0 spiro atoms. The molecule has 0 aliphatic heterocycles. The highest BCUT2D eigenvalue weighted by Gasteiger charge is 2.33. The lowest BCUT2D eigenvalue weighted by molar-refractivity contribution is -0.172. The van der Waals surface area contributed by atoms with E-state index < -0.39 is 24.1 Å². The molecule has 76 valence electrons. The van der Waals surface area contributed by atoms with Crippen molar-refractivity contribution >= 4 is 11.9 Å². The van der Waals surface area contributed by atoms with Crippen LogP contribution in [0, 0.1) is 0 Å². The van der Waals surface area contributed by atoms with Gasteiger partial charge < -0.3 is 19.3 Å². The van der Waals surface area contributed by atoms with Crippen LogP contribution in [0.25, 0.3) is 0 Å². The molecular formula is C7H12O6. The number of methoxy groups -OCH3 is 3. The van der Waals surface area contributed by atoms with Gasteiger partial charge in [0.05, 0.1) is 14.2 Å². The third-order valence-corrected chi connectivity index (χ3v) is 1.42. The lowest BCUT2D eigenvalue weighted by Crippen LogP contribution is -2.42.